The van der Waals surface area contributed by atoms with Crippen LogP contribution in [0.5, 0.6) is 0 Å². The van der Waals surface area contributed by atoms with Crippen molar-refractivity contribution in [2.45, 2.75) is 360 Å². The van der Waals surface area contributed by atoms with Crippen molar-refractivity contribution in [3.63, 3.8) is 0 Å². The van der Waals surface area contributed by atoms with E-state index in [0.29, 0.717) is 17.4 Å². The van der Waals surface area contributed by atoms with E-state index in [1.807, 2.05) is 33.3 Å². The number of nitrogens with zero attached hydrogens (tertiary/aromatic N) is 1. The number of amides is 1. The number of quaternary nitrogens is 1. The summed E-state index contributed by atoms with van der Waals surface area (Å²) in [6.45, 7) is 6.77. The van der Waals surface area contributed by atoms with Gasteiger partial charge in [0.25, 0.3) is 7.82 Å². The fourth-order valence-electron chi connectivity index (χ4n) is 10.9. The summed E-state index contributed by atoms with van der Waals surface area (Å²) in [5.74, 6) is -0.539. The van der Waals surface area contributed by atoms with Crippen LogP contribution in [0, 0.1) is 0 Å². The molecule has 0 bridgehead atoms. The maximum absolute atomic E-state index is 13.6. The molecule has 10 heteroatoms. The molecule has 88 heavy (non-hydrogen) atoms. The highest BCUT2D eigenvalue weighted by Gasteiger charge is 2.27. The van der Waals surface area contributed by atoms with Gasteiger partial charge in [-0.1, -0.05) is 337 Å². The van der Waals surface area contributed by atoms with Crippen LogP contribution in [-0.4, -0.2) is 69.4 Å². The van der Waals surface area contributed by atoms with E-state index in [1.54, 1.807) is 0 Å². The molecule has 512 valence electrons. The molecule has 0 aromatic carbocycles. The summed E-state index contributed by atoms with van der Waals surface area (Å²) < 4.78 is 30.5. The van der Waals surface area contributed by atoms with Crippen LogP contribution in [0.25, 0.3) is 0 Å². The molecule has 1 N–H and O–H groups in total. The van der Waals surface area contributed by atoms with Crippen molar-refractivity contribution >= 4 is 19.7 Å². The van der Waals surface area contributed by atoms with Gasteiger partial charge in [-0.3, -0.25) is 14.2 Å². The van der Waals surface area contributed by atoms with Crippen LogP contribution in [-0.2, 0) is 27.9 Å². The number of ether oxygens (including phenoxy) is 1. The van der Waals surface area contributed by atoms with Crippen LogP contribution >= 0.6 is 7.82 Å². The number of phosphoric acid groups is 1. The molecule has 0 radical (unpaired) electrons. The number of allylic oxidation sites excluding steroid dienone is 13. The number of rotatable bonds is 68. The van der Waals surface area contributed by atoms with Gasteiger partial charge in [-0.05, 0) is 83.1 Å². The molecule has 0 saturated carbocycles. The fourth-order valence-corrected chi connectivity index (χ4v) is 11.6. The van der Waals surface area contributed by atoms with Crippen molar-refractivity contribution in [3.05, 3.63) is 85.1 Å². The summed E-state index contributed by atoms with van der Waals surface area (Å²) in [7, 11) is 1.18. The summed E-state index contributed by atoms with van der Waals surface area (Å²) in [5, 5.41) is 3.05. The van der Waals surface area contributed by atoms with Gasteiger partial charge >= 0.3 is 5.97 Å². The largest absolute Gasteiger partial charge is 0.756 e. The average Bonchev–Trinajstić information content (AvgIpc) is 3.66. The second-order valence-corrected chi connectivity index (χ2v) is 27.8. The normalized spacial score (nSPS) is 13.9. The molecule has 3 unspecified atom stereocenters. The molecule has 1 amide bonds. The van der Waals surface area contributed by atoms with E-state index in [0.717, 1.165) is 109 Å². The standard InChI is InChI=1S/C78H143N2O7P/c1-7-10-13-16-19-22-25-28-30-32-34-36-38-39-40-41-43-44-46-48-50-52-55-58-61-64-67-70-77(81)79-75(74-86-88(83,84)85-73-72-80(4,5)6)76(69-66-63-60-57-54-27-24-21-18-15-12-9-3)87-78(82)71-68-65-62-59-56-53-51-49-47-45-42-37-35-33-31-29-26-23-20-17-14-11-8-2/h10,13,19,22,28,30,34,36,39-40,43-44,66,69,75-76H,7-9,11-12,14-18,20-21,23-27,29,31-33,35,37-38,41-42,45-65,67-68,70-74H2,1-6H3,(H-,79,81,83,84)/b13-10-,22-19-,30-28-,36-34-,40-39-,44-43-,69-66+. The van der Waals surface area contributed by atoms with E-state index in [1.165, 1.54) is 205 Å². The van der Waals surface area contributed by atoms with Crippen LogP contribution in [0.4, 0.5) is 0 Å². The Labute approximate surface area is 546 Å². The number of carbonyl (C=O) groups is 2. The first-order chi connectivity index (χ1) is 42.9. The molecule has 0 fully saturated rings. The van der Waals surface area contributed by atoms with Gasteiger partial charge in [0.2, 0.25) is 5.91 Å². The number of unbranched alkanes of at least 4 members (excludes halogenated alkanes) is 40. The molecular weight excluding hydrogens is 1110 g/mol. The van der Waals surface area contributed by atoms with Crippen molar-refractivity contribution in [3.8, 4) is 0 Å². The molecule has 0 heterocycles. The Morgan fingerprint density at radius 2 is 0.727 bits per heavy atom. The van der Waals surface area contributed by atoms with Gasteiger partial charge in [-0.15, -0.1) is 0 Å². The van der Waals surface area contributed by atoms with Gasteiger partial charge in [0.05, 0.1) is 33.8 Å². The maximum Gasteiger partial charge on any atom is 0.306 e. The van der Waals surface area contributed by atoms with Crippen molar-refractivity contribution in [1.82, 2.24) is 5.32 Å². The fraction of sp³-hybridized carbons (Fsp3) is 0.795. The number of esters is 1. The van der Waals surface area contributed by atoms with Gasteiger partial charge in [-0.25, -0.2) is 0 Å². The van der Waals surface area contributed by atoms with Gasteiger partial charge in [0.1, 0.15) is 19.3 Å². The predicted molar refractivity (Wildman–Crippen MR) is 381 cm³/mol. The molecular formula is C78H143N2O7P. The third-order valence-corrected chi connectivity index (χ3v) is 17.6. The molecule has 0 aliphatic heterocycles. The molecule has 0 aliphatic rings. The summed E-state index contributed by atoms with van der Waals surface area (Å²) >= 11 is 0. The smallest absolute Gasteiger partial charge is 0.306 e. The lowest BCUT2D eigenvalue weighted by Gasteiger charge is -2.30. The van der Waals surface area contributed by atoms with E-state index in [-0.39, 0.29) is 24.9 Å². The highest BCUT2D eigenvalue weighted by atomic mass is 31.2. The lowest BCUT2D eigenvalue weighted by Crippen LogP contribution is -2.47. The minimum Gasteiger partial charge on any atom is -0.756 e. The van der Waals surface area contributed by atoms with Gasteiger partial charge in [0, 0.05) is 12.8 Å². The van der Waals surface area contributed by atoms with E-state index < -0.39 is 26.6 Å². The third-order valence-electron chi connectivity index (χ3n) is 16.6. The highest BCUT2D eigenvalue weighted by Crippen LogP contribution is 2.38. The van der Waals surface area contributed by atoms with Crippen molar-refractivity contribution < 1.29 is 37.3 Å². The molecule has 9 nitrogen and oxygen atoms in total. The van der Waals surface area contributed by atoms with Crippen molar-refractivity contribution in [1.29, 1.82) is 0 Å². The average molecular weight is 1250 g/mol. The van der Waals surface area contributed by atoms with Crippen molar-refractivity contribution in [2.24, 2.45) is 0 Å². The summed E-state index contributed by atoms with van der Waals surface area (Å²) in [4.78, 5) is 40.3. The number of hydrogen-bond acceptors (Lipinski definition) is 7. The molecule has 0 aromatic heterocycles. The Morgan fingerprint density at radius 1 is 0.409 bits per heavy atom. The molecule has 0 aliphatic carbocycles. The first-order valence-electron chi connectivity index (χ1n) is 37.4. The van der Waals surface area contributed by atoms with Crippen LogP contribution in [0.3, 0.4) is 0 Å². The van der Waals surface area contributed by atoms with Crippen LogP contribution in [0.1, 0.15) is 348 Å². The van der Waals surface area contributed by atoms with E-state index >= 15 is 0 Å². The summed E-state index contributed by atoms with van der Waals surface area (Å²) in [6, 6.07) is -0.896. The Hall–Kier alpha value is -2.81. The molecule has 3 atom stereocenters. The molecule has 0 saturated heterocycles. The minimum absolute atomic E-state index is 0.0254. The lowest BCUT2D eigenvalue weighted by atomic mass is 10.0. The zero-order valence-corrected chi connectivity index (χ0v) is 59.6. The molecule has 0 rings (SSSR count). The van der Waals surface area contributed by atoms with E-state index in [9.17, 15) is 19.0 Å². The second-order valence-electron chi connectivity index (χ2n) is 26.4. The van der Waals surface area contributed by atoms with Gasteiger partial charge in [-0.2, -0.15) is 0 Å². The molecule has 0 spiro atoms. The second kappa shape index (κ2) is 67.1. The molecule has 0 aromatic rings. The number of carbonyl (C=O) groups excluding carboxylic acids is 2. The Bertz CT molecular complexity index is 1780. The van der Waals surface area contributed by atoms with Crippen LogP contribution in [0.2, 0.25) is 0 Å². The zero-order valence-electron chi connectivity index (χ0n) is 58.7. The van der Waals surface area contributed by atoms with E-state index in [2.05, 4.69) is 99.0 Å². The Kier molecular flexibility index (Phi) is 64.9. The highest BCUT2D eigenvalue weighted by molar-refractivity contribution is 7.45. The monoisotopic (exact) mass is 1250 g/mol. The number of phosphoric ester groups is 1. The number of hydrogen-bond donors (Lipinski definition) is 1. The number of nitrogens with one attached hydrogen (secondary N) is 1. The number of likely N-dealkylation sites (N-methyl/N-ethyl adjacent to an activating group) is 1. The first kappa shape index (κ1) is 85.2. The topological polar surface area (TPSA) is 114 Å². The summed E-state index contributed by atoms with van der Waals surface area (Å²) in [5.41, 5.74) is 0. The van der Waals surface area contributed by atoms with Crippen LogP contribution < -0.4 is 10.2 Å². The van der Waals surface area contributed by atoms with Gasteiger partial charge < -0.3 is 28.5 Å². The third kappa shape index (κ3) is 67.6. The quantitative estimate of drug-likeness (QED) is 0.0212. The zero-order chi connectivity index (χ0) is 64.2. The van der Waals surface area contributed by atoms with Crippen molar-refractivity contribution in [2.75, 3.05) is 40.9 Å². The predicted octanol–water partition coefficient (Wildman–Crippen LogP) is 23.4. The van der Waals surface area contributed by atoms with Crippen LogP contribution in [0.15, 0.2) is 85.1 Å². The first-order valence-corrected chi connectivity index (χ1v) is 38.9. The Morgan fingerprint density at radius 3 is 1.09 bits per heavy atom. The Balaban J connectivity index is 5.02. The van der Waals surface area contributed by atoms with E-state index in [4.69, 9.17) is 13.8 Å². The summed E-state index contributed by atoms with van der Waals surface area (Å²) in [6.07, 6.45) is 90.0. The lowest BCUT2D eigenvalue weighted by molar-refractivity contribution is -0.870. The maximum atomic E-state index is 13.6. The minimum atomic E-state index is -4.71. The SMILES string of the molecule is CC/C=C\C/C=C\C/C=C\C/C=C\C/C=C\C/C=C\CCCCCCCCCCC(=O)NC(COP(=O)([O-])OCC[N+](C)(C)C)C(/C=C/CCCCCCCCCCCC)OC(=O)CCCCCCCCCCCCCCCCCCCCCCCCC. The van der Waals surface area contributed by atoms with Gasteiger partial charge in [0.15, 0.2) is 0 Å².